The predicted octanol–water partition coefficient (Wildman–Crippen LogP) is 2.71. The van der Waals surface area contributed by atoms with Crippen molar-refractivity contribution >= 4 is 0 Å². The van der Waals surface area contributed by atoms with Gasteiger partial charge in [-0.3, -0.25) is 4.68 Å². The highest BCUT2D eigenvalue weighted by Gasteiger charge is 2.00. The quantitative estimate of drug-likeness (QED) is 0.775. The van der Waals surface area contributed by atoms with Gasteiger partial charge in [0.2, 0.25) is 0 Å². The summed E-state index contributed by atoms with van der Waals surface area (Å²) in [5, 5.41) is 13.0. The number of hydrogen-bond donors (Lipinski definition) is 1. The van der Waals surface area contributed by atoms with Crippen LogP contribution in [0.2, 0.25) is 0 Å². The molecule has 3 nitrogen and oxygen atoms in total. The van der Waals surface area contributed by atoms with Crippen molar-refractivity contribution in [2.75, 3.05) is 6.61 Å². The Bertz CT molecular complexity index is 436. The molecule has 3 heteroatoms. The minimum atomic E-state index is 0.286. The zero-order valence-corrected chi connectivity index (χ0v) is 9.92. The van der Waals surface area contributed by atoms with Gasteiger partial charge in [-0.05, 0) is 24.8 Å². The van der Waals surface area contributed by atoms with Crippen LogP contribution in [0.5, 0.6) is 0 Å². The lowest BCUT2D eigenvalue weighted by molar-refractivity contribution is 0.281. The lowest BCUT2D eigenvalue weighted by Gasteiger charge is -2.00. The summed E-state index contributed by atoms with van der Waals surface area (Å²) < 4.78 is 1.97. The summed E-state index contributed by atoms with van der Waals surface area (Å²) in [7, 11) is 0. The van der Waals surface area contributed by atoms with Gasteiger partial charge in [0.25, 0.3) is 0 Å². The van der Waals surface area contributed by atoms with Gasteiger partial charge in [-0.25, -0.2) is 0 Å². The van der Waals surface area contributed by atoms with Gasteiger partial charge < -0.3 is 5.11 Å². The van der Waals surface area contributed by atoms with E-state index in [0.29, 0.717) is 0 Å². The standard InChI is InChI=1S/C14H18N2O/c17-10-6-2-5-9-16-12-14(11-15-16)13-7-3-1-4-8-13/h1,3-4,7-8,11-12,17H,2,5-6,9-10H2. The van der Waals surface area contributed by atoms with E-state index in [9.17, 15) is 0 Å². The first-order chi connectivity index (χ1) is 8.40. The van der Waals surface area contributed by atoms with Crippen LogP contribution in [-0.4, -0.2) is 21.5 Å². The number of nitrogens with zero attached hydrogens (tertiary/aromatic N) is 2. The first-order valence-corrected chi connectivity index (χ1v) is 6.09. The number of benzene rings is 1. The van der Waals surface area contributed by atoms with Gasteiger partial charge in [-0.2, -0.15) is 5.10 Å². The van der Waals surface area contributed by atoms with E-state index in [1.807, 2.05) is 29.1 Å². The molecule has 90 valence electrons. The highest BCUT2D eigenvalue weighted by Crippen LogP contribution is 2.17. The molecule has 0 bridgehead atoms. The van der Waals surface area contributed by atoms with E-state index in [4.69, 9.17) is 5.11 Å². The third kappa shape index (κ3) is 3.43. The molecule has 0 aliphatic carbocycles. The van der Waals surface area contributed by atoms with Crippen molar-refractivity contribution in [1.82, 2.24) is 9.78 Å². The number of hydrogen-bond acceptors (Lipinski definition) is 2. The lowest BCUT2D eigenvalue weighted by Crippen LogP contribution is -1.98. The van der Waals surface area contributed by atoms with Crippen LogP contribution < -0.4 is 0 Å². The predicted molar refractivity (Wildman–Crippen MR) is 68.6 cm³/mol. The Labute approximate surface area is 102 Å². The van der Waals surface area contributed by atoms with Crippen molar-refractivity contribution < 1.29 is 5.11 Å². The Morgan fingerprint density at radius 3 is 2.59 bits per heavy atom. The molecule has 0 radical (unpaired) electrons. The highest BCUT2D eigenvalue weighted by atomic mass is 16.2. The van der Waals surface area contributed by atoms with Crippen molar-refractivity contribution in [1.29, 1.82) is 0 Å². The Kier molecular flexibility index (Phi) is 4.33. The Morgan fingerprint density at radius 1 is 1.00 bits per heavy atom. The number of aliphatic hydroxyl groups is 1. The first kappa shape index (κ1) is 11.9. The van der Waals surface area contributed by atoms with E-state index in [-0.39, 0.29) is 6.61 Å². The summed E-state index contributed by atoms with van der Waals surface area (Å²) >= 11 is 0. The summed E-state index contributed by atoms with van der Waals surface area (Å²) in [5.74, 6) is 0. The lowest BCUT2D eigenvalue weighted by atomic mass is 10.1. The maximum atomic E-state index is 8.69. The Balaban J connectivity index is 1.92. The molecule has 0 fully saturated rings. The molecule has 17 heavy (non-hydrogen) atoms. The average Bonchev–Trinajstić information content (AvgIpc) is 2.85. The molecule has 1 heterocycles. The van der Waals surface area contributed by atoms with Crippen molar-refractivity contribution in [2.45, 2.75) is 25.8 Å². The SMILES string of the molecule is OCCCCCn1cc(-c2ccccc2)cn1. The van der Waals surface area contributed by atoms with Gasteiger partial charge in [0.05, 0.1) is 6.20 Å². The maximum absolute atomic E-state index is 8.69. The number of unbranched alkanes of at least 4 members (excludes halogenated alkanes) is 2. The van der Waals surface area contributed by atoms with Crippen LogP contribution in [0.4, 0.5) is 0 Å². The van der Waals surface area contributed by atoms with E-state index >= 15 is 0 Å². The van der Waals surface area contributed by atoms with Gasteiger partial charge in [0.15, 0.2) is 0 Å². The zero-order chi connectivity index (χ0) is 11.9. The Morgan fingerprint density at radius 2 is 1.82 bits per heavy atom. The van der Waals surface area contributed by atoms with Crippen LogP contribution in [0.25, 0.3) is 11.1 Å². The van der Waals surface area contributed by atoms with Crippen molar-refractivity contribution in [2.24, 2.45) is 0 Å². The van der Waals surface area contributed by atoms with Crippen LogP contribution in [0.15, 0.2) is 42.7 Å². The third-order valence-electron chi connectivity index (χ3n) is 2.79. The number of aromatic nitrogens is 2. The Hall–Kier alpha value is -1.61. The van der Waals surface area contributed by atoms with Gasteiger partial charge in [-0.1, -0.05) is 30.3 Å². The average molecular weight is 230 g/mol. The molecule has 0 atom stereocenters. The molecule has 0 aliphatic rings. The molecular weight excluding hydrogens is 212 g/mol. The molecular formula is C14H18N2O. The van der Waals surface area contributed by atoms with Crippen molar-refractivity contribution in [3.63, 3.8) is 0 Å². The first-order valence-electron chi connectivity index (χ1n) is 6.09. The van der Waals surface area contributed by atoms with E-state index in [1.165, 1.54) is 5.56 Å². The second-order valence-corrected chi connectivity index (χ2v) is 4.14. The molecule has 1 aromatic heterocycles. The fraction of sp³-hybridized carbons (Fsp3) is 0.357. The number of aryl methyl sites for hydroxylation is 1. The van der Waals surface area contributed by atoms with Crippen LogP contribution in [0.3, 0.4) is 0 Å². The largest absolute Gasteiger partial charge is 0.396 e. The van der Waals surface area contributed by atoms with Crippen molar-refractivity contribution in [3.8, 4) is 11.1 Å². The fourth-order valence-electron chi connectivity index (χ4n) is 1.83. The van der Waals surface area contributed by atoms with Crippen molar-refractivity contribution in [3.05, 3.63) is 42.7 Å². The summed E-state index contributed by atoms with van der Waals surface area (Å²) in [4.78, 5) is 0. The summed E-state index contributed by atoms with van der Waals surface area (Å²) in [6.07, 6.45) is 6.98. The second-order valence-electron chi connectivity index (χ2n) is 4.14. The minimum Gasteiger partial charge on any atom is -0.396 e. The fourth-order valence-corrected chi connectivity index (χ4v) is 1.83. The van der Waals surface area contributed by atoms with Crippen LogP contribution in [0.1, 0.15) is 19.3 Å². The molecule has 2 rings (SSSR count). The van der Waals surface area contributed by atoms with Gasteiger partial charge >= 0.3 is 0 Å². The molecule has 1 aromatic carbocycles. The van der Waals surface area contributed by atoms with E-state index in [2.05, 4.69) is 23.4 Å². The van der Waals surface area contributed by atoms with E-state index in [0.717, 1.165) is 31.4 Å². The van der Waals surface area contributed by atoms with Crippen LogP contribution in [-0.2, 0) is 6.54 Å². The molecule has 1 N–H and O–H groups in total. The van der Waals surface area contributed by atoms with Gasteiger partial charge in [-0.15, -0.1) is 0 Å². The number of aliphatic hydroxyl groups excluding tert-OH is 1. The molecule has 0 saturated heterocycles. The molecule has 0 spiro atoms. The van der Waals surface area contributed by atoms with Gasteiger partial charge in [0, 0.05) is 24.9 Å². The zero-order valence-electron chi connectivity index (χ0n) is 9.92. The summed E-state index contributed by atoms with van der Waals surface area (Å²) in [5.41, 5.74) is 2.36. The third-order valence-corrected chi connectivity index (χ3v) is 2.79. The molecule has 0 unspecified atom stereocenters. The summed E-state index contributed by atoms with van der Waals surface area (Å²) in [6.45, 7) is 1.21. The monoisotopic (exact) mass is 230 g/mol. The second kappa shape index (κ2) is 6.21. The highest BCUT2D eigenvalue weighted by molar-refractivity contribution is 5.61. The molecule has 0 aliphatic heterocycles. The normalized spacial score (nSPS) is 10.6. The van der Waals surface area contributed by atoms with Gasteiger partial charge in [0.1, 0.15) is 0 Å². The topological polar surface area (TPSA) is 38.0 Å². The van der Waals surface area contributed by atoms with Crippen LogP contribution in [0, 0.1) is 0 Å². The molecule has 0 amide bonds. The van der Waals surface area contributed by atoms with E-state index in [1.54, 1.807) is 0 Å². The maximum Gasteiger partial charge on any atom is 0.0568 e. The smallest absolute Gasteiger partial charge is 0.0568 e. The minimum absolute atomic E-state index is 0.286. The number of rotatable bonds is 6. The molecule has 0 saturated carbocycles. The van der Waals surface area contributed by atoms with Crippen LogP contribution >= 0.6 is 0 Å². The summed E-state index contributed by atoms with van der Waals surface area (Å²) in [6, 6.07) is 10.3. The van der Waals surface area contributed by atoms with E-state index < -0.39 is 0 Å². The molecule has 2 aromatic rings.